The Morgan fingerprint density at radius 1 is 1.27 bits per heavy atom. The van der Waals surface area contributed by atoms with Crippen LogP contribution in [0.1, 0.15) is 24.3 Å². The molecule has 4 rings (SSSR count). The summed E-state index contributed by atoms with van der Waals surface area (Å²) < 4.78 is 16.4. The largest absolute Gasteiger partial charge is 0.497 e. The van der Waals surface area contributed by atoms with E-state index in [2.05, 4.69) is 20.1 Å². The van der Waals surface area contributed by atoms with Crippen molar-refractivity contribution in [3.05, 3.63) is 54.3 Å². The van der Waals surface area contributed by atoms with Crippen molar-refractivity contribution in [2.24, 2.45) is 0 Å². The van der Waals surface area contributed by atoms with Crippen LogP contribution in [0.3, 0.4) is 0 Å². The summed E-state index contributed by atoms with van der Waals surface area (Å²) in [4.78, 5) is 26.9. The van der Waals surface area contributed by atoms with E-state index < -0.39 is 0 Å². The van der Waals surface area contributed by atoms with Crippen molar-refractivity contribution >= 4 is 5.91 Å². The van der Waals surface area contributed by atoms with Gasteiger partial charge in [-0.3, -0.25) is 9.78 Å². The maximum Gasteiger partial charge on any atom is 0.253 e. The van der Waals surface area contributed by atoms with Crippen molar-refractivity contribution in [3.63, 3.8) is 0 Å². The molecular formula is C21H23N5O4. The van der Waals surface area contributed by atoms with Gasteiger partial charge in [-0.1, -0.05) is 17.3 Å². The number of rotatable bonds is 7. The van der Waals surface area contributed by atoms with Gasteiger partial charge in [-0.15, -0.1) is 0 Å². The van der Waals surface area contributed by atoms with Gasteiger partial charge in [0, 0.05) is 25.5 Å². The molecule has 0 bridgehead atoms. The highest BCUT2D eigenvalue weighted by molar-refractivity contribution is 5.79. The van der Waals surface area contributed by atoms with E-state index in [-0.39, 0.29) is 18.6 Å². The third kappa shape index (κ3) is 4.98. The molecule has 1 aromatic carbocycles. The van der Waals surface area contributed by atoms with Gasteiger partial charge in [-0.2, -0.15) is 4.98 Å². The average molecular weight is 409 g/mol. The monoisotopic (exact) mass is 409 g/mol. The van der Waals surface area contributed by atoms with Crippen LogP contribution in [-0.2, 0) is 22.6 Å². The molecule has 0 aliphatic carbocycles. The van der Waals surface area contributed by atoms with Gasteiger partial charge in [0.05, 0.1) is 25.8 Å². The number of nitrogens with zero attached hydrogens (tertiary/aromatic N) is 5. The lowest BCUT2D eigenvalue weighted by molar-refractivity contribution is -0.133. The van der Waals surface area contributed by atoms with Gasteiger partial charge < -0.3 is 18.9 Å². The van der Waals surface area contributed by atoms with E-state index in [1.807, 2.05) is 29.2 Å². The van der Waals surface area contributed by atoms with Gasteiger partial charge in [0.25, 0.3) is 5.89 Å². The third-order valence-corrected chi connectivity index (χ3v) is 4.99. The number of hydrogen-bond donors (Lipinski definition) is 0. The molecule has 2 aromatic heterocycles. The predicted molar refractivity (Wildman–Crippen MR) is 106 cm³/mol. The summed E-state index contributed by atoms with van der Waals surface area (Å²) in [6.07, 6.45) is 6.71. The van der Waals surface area contributed by atoms with E-state index in [9.17, 15) is 4.79 Å². The summed E-state index contributed by atoms with van der Waals surface area (Å²) in [6.45, 7) is 1.57. The second-order valence-electron chi connectivity index (χ2n) is 7.02. The molecule has 0 saturated carbocycles. The molecule has 1 aliphatic rings. The number of aromatic nitrogens is 4. The maximum atomic E-state index is 12.6. The van der Waals surface area contributed by atoms with Crippen LogP contribution in [0.15, 0.2) is 47.4 Å². The first-order valence-corrected chi connectivity index (χ1v) is 9.82. The van der Waals surface area contributed by atoms with Gasteiger partial charge in [-0.05, 0) is 30.5 Å². The van der Waals surface area contributed by atoms with Gasteiger partial charge >= 0.3 is 0 Å². The molecule has 1 saturated heterocycles. The zero-order valence-electron chi connectivity index (χ0n) is 16.7. The topological polar surface area (TPSA) is 103 Å². The summed E-state index contributed by atoms with van der Waals surface area (Å²) in [5.74, 6) is 1.66. The lowest BCUT2D eigenvalue weighted by Gasteiger charge is -2.31. The lowest BCUT2D eigenvalue weighted by atomic mass is 10.1. The highest BCUT2D eigenvalue weighted by Crippen LogP contribution is 2.19. The van der Waals surface area contributed by atoms with Crippen molar-refractivity contribution in [3.8, 4) is 17.3 Å². The number of benzene rings is 1. The number of hydrogen-bond acceptors (Lipinski definition) is 8. The minimum absolute atomic E-state index is 0.0535. The van der Waals surface area contributed by atoms with E-state index in [0.29, 0.717) is 36.9 Å². The van der Waals surface area contributed by atoms with Crippen molar-refractivity contribution < 1.29 is 18.8 Å². The maximum absolute atomic E-state index is 12.6. The fraction of sp³-hybridized carbons (Fsp3) is 0.381. The molecule has 30 heavy (non-hydrogen) atoms. The van der Waals surface area contributed by atoms with Crippen LogP contribution < -0.4 is 4.74 Å². The minimum atomic E-state index is 0.0535. The minimum Gasteiger partial charge on any atom is -0.497 e. The molecule has 9 nitrogen and oxygen atoms in total. The Labute approximate surface area is 174 Å². The molecule has 0 atom stereocenters. The Morgan fingerprint density at radius 3 is 2.90 bits per heavy atom. The summed E-state index contributed by atoms with van der Waals surface area (Å²) in [6, 6.07) is 7.61. The molecule has 0 N–H and O–H groups in total. The van der Waals surface area contributed by atoms with Crippen LogP contribution in [0.4, 0.5) is 0 Å². The van der Waals surface area contributed by atoms with Gasteiger partial charge in [0.1, 0.15) is 18.1 Å². The number of ether oxygens (including phenoxy) is 2. The van der Waals surface area contributed by atoms with E-state index in [0.717, 1.165) is 24.2 Å². The standard InChI is InChI=1S/C21H23N5O4/c1-28-17-4-2-3-15(11-17)12-20(27)26-9-5-16(6-10-26)29-14-19-24-21(25-30-19)18-13-22-7-8-23-18/h2-4,7-8,11,13,16H,5-6,9-10,12,14H2,1H3. The van der Waals surface area contributed by atoms with Crippen LogP contribution in [-0.4, -0.2) is 57.2 Å². The number of carbonyl (C=O) groups is 1. The molecule has 3 heterocycles. The molecule has 3 aromatic rings. The fourth-order valence-corrected chi connectivity index (χ4v) is 3.36. The molecule has 0 spiro atoms. The Morgan fingerprint density at radius 2 is 2.13 bits per heavy atom. The number of methoxy groups -OCH3 is 1. The van der Waals surface area contributed by atoms with Crippen LogP contribution in [0.5, 0.6) is 5.75 Å². The van der Waals surface area contributed by atoms with Crippen LogP contribution >= 0.6 is 0 Å². The van der Waals surface area contributed by atoms with E-state index in [4.69, 9.17) is 14.0 Å². The van der Waals surface area contributed by atoms with Crippen LogP contribution in [0.2, 0.25) is 0 Å². The molecule has 9 heteroatoms. The summed E-state index contributed by atoms with van der Waals surface area (Å²) >= 11 is 0. The van der Waals surface area contributed by atoms with Crippen LogP contribution in [0.25, 0.3) is 11.5 Å². The van der Waals surface area contributed by atoms with Crippen LogP contribution in [0, 0.1) is 0 Å². The molecule has 1 fully saturated rings. The highest BCUT2D eigenvalue weighted by Gasteiger charge is 2.24. The van der Waals surface area contributed by atoms with E-state index in [1.54, 1.807) is 25.7 Å². The highest BCUT2D eigenvalue weighted by atomic mass is 16.5. The summed E-state index contributed by atoms with van der Waals surface area (Å²) in [5, 5.41) is 3.91. The quantitative estimate of drug-likeness (QED) is 0.585. The normalized spacial score (nSPS) is 14.6. The molecule has 1 amide bonds. The molecule has 0 radical (unpaired) electrons. The second kappa shape index (κ2) is 9.45. The Balaban J connectivity index is 1.23. The Kier molecular flexibility index (Phi) is 6.29. The van der Waals surface area contributed by atoms with Crippen molar-refractivity contribution in [1.29, 1.82) is 0 Å². The van der Waals surface area contributed by atoms with Crippen molar-refractivity contribution in [2.75, 3.05) is 20.2 Å². The molecular weight excluding hydrogens is 386 g/mol. The predicted octanol–water partition coefficient (Wildman–Crippen LogP) is 2.29. The number of piperidine rings is 1. The molecule has 1 aliphatic heterocycles. The number of amides is 1. The zero-order chi connectivity index (χ0) is 20.8. The summed E-state index contributed by atoms with van der Waals surface area (Å²) in [7, 11) is 1.62. The molecule has 156 valence electrons. The molecule has 0 unspecified atom stereocenters. The fourth-order valence-electron chi connectivity index (χ4n) is 3.36. The van der Waals surface area contributed by atoms with Gasteiger partial charge in [0.15, 0.2) is 0 Å². The van der Waals surface area contributed by atoms with E-state index in [1.165, 1.54) is 0 Å². The van der Waals surface area contributed by atoms with E-state index >= 15 is 0 Å². The Hall–Kier alpha value is -3.33. The zero-order valence-corrected chi connectivity index (χ0v) is 16.7. The SMILES string of the molecule is COc1cccc(CC(=O)N2CCC(OCc3nc(-c4cnccn4)no3)CC2)c1. The van der Waals surface area contributed by atoms with Crippen molar-refractivity contribution in [2.45, 2.75) is 32.0 Å². The number of likely N-dealkylation sites (tertiary alicyclic amines) is 1. The third-order valence-electron chi connectivity index (χ3n) is 4.99. The van der Waals surface area contributed by atoms with Crippen molar-refractivity contribution in [1.82, 2.24) is 25.0 Å². The average Bonchev–Trinajstić information content (AvgIpc) is 3.28. The van der Waals surface area contributed by atoms with Gasteiger partial charge in [0.2, 0.25) is 11.7 Å². The first-order valence-electron chi connectivity index (χ1n) is 9.82. The first-order chi connectivity index (χ1) is 14.7. The lowest BCUT2D eigenvalue weighted by Crippen LogP contribution is -2.41. The first kappa shape index (κ1) is 20.0. The van der Waals surface area contributed by atoms with Gasteiger partial charge in [-0.25, -0.2) is 4.98 Å². The summed E-state index contributed by atoms with van der Waals surface area (Å²) in [5.41, 5.74) is 1.50. The second-order valence-corrected chi connectivity index (χ2v) is 7.02. The number of carbonyl (C=O) groups excluding carboxylic acids is 1. The smallest absolute Gasteiger partial charge is 0.253 e. The Bertz CT molecular complexity index is 970.